The van der Waals surface area contributed by atoms with Crippen LogP contribution in [0.25, 0.3) is 0 Å². The fourth-order valence-corrected chi connectivity index (χ4v) is 2.83. The zero-order chi connectivity index (χ0) is 16.4. The zero-order valence-electron chi connectivity index (χ0n) is 13.3. The number of hydrogen-bond acceptors (Lipinski definition) is 3. The Morgan fingerprint density at radius 3 is 2.78 bits per heavy atom. The minimum atomic E-state index is -0.238. The van der Waals surface area contributed by atoms with Gasteiger partial charge in [-0.2, -0.15) is 0 Å². The van der Waals surface area contributed by atoms with E-state index in [0.717, 1.165) is 23.4 Å². The molecule has 23 heavy (non-hydrogen) atoms. The SMILES string of the molecule is Cc1nc(CNC(=O)N2CCC(c3ccc(F)cc3)C2)oc1C. The smallest absolute Gasteiger partial charge is 0.317 e. The fraction of sp³-hybridized carbons (Fsp3) is 0.412. The highest BCUT2D eigenvalue weighted by molar-refractivity contribution is 5.74. The van der Waals surface area contributed by atoms with E-state index in [1.165, 1.54) is 12.1 Å². The van der Waals surface area contributed by atoms with Gasteiger partial charge in [-0.3, -0.25) is 0 Å². The number of oxazole rings is 1. The van der Waals surface area contributed by atoms with Gasteiger partial charge < -0.3 is 14.6 Å². The van der Waals surface area contributed by atoms with Crippen molar-refractivity contribution in [3.63, 3.8) is 0 Å². The largest absolute Gasteiger partial charge is 0.444 e. The monoisotopic (exact) mass is 317 g/mol. The van der Waals surface area contributed by atoms with Crippen LogP contribution in [-0.2, 0) is 6.54 Å². The standard InChI is InChI=1S/C17H20FN3O2/c1-11-12(2)23-16(20-11)9-19-17(22)21-8-7-14(10-21)13-3-5-15(18)6-4-13/h3-6,14H,7-10H2,1-2H3,(H,19,22). The van der Waals surface area contributed by atoms with Crippen LogP contribution in [0.5, 0.6) is 0 Å². The molecule has 2 amide bonds. The number of benzene rings is 1. The summed E-state index contributed by atoms with van der Waals surface area (Å²) in [4.78, 5) is 18.2. The Bertz CT molecular complexity index is 677. The minimum absolute atomic E-state index is 0.122. The number of aromatic nitrogens is 1. The van der Waals surface area contributed by atoms with Crippen molar-refractivity contribution in [3.05, 3.63) is 53.0 Å². The summed E-state index contributed by atoms with van der Waals surface area (Å²) in [7, 11) is 0. The topological polar surface area (TPSA) is 58.4 Å². The number of hydrogen-bond donors (Lipinski definition) is 1. The Morgan fingerprint density at radius 1 is 1.39 bits per heavy atom. The first kappa shape index (κ1) is 15.5. The molecule has 2 heterocycles. The average molecular weight is 317 g/mol. The molecule has 2 aromatic rings. The second kappa shape index (κ2) is 6.40. The predicted molar refractivity (Wildman–Crippen MR) is 83.5 cm³/mol. The quantitative estimate of drug-likeness (QED) is 0.946. The van der Waals surface area contributed by atoms with Crippen LogP contribution in [0.15, 0.2) is 28.7 Å². The molecule has 1 aliphatic rings. The summed E-state index contributed by atoms with van der Waals surface area (Å²) in [5.41, 5.74) is 1.91. The number of likely N-dealkylation sites (tertiary alicyclic amines) is 1. The molecule has 1 fully saturated rings. The first-order valence-electron chi connectivity index (χ1n) is 7.74. The van der Waals surface area contributed by atoms with E-state index in [1.807, 2.05) is 13.8 Å². The van der Waals surface area contributed by atoms with Crippen molar-refractivity contribution in [1.29, 1.82) is 0 Å². The molecule has 5 nitrogen and oxygen atoms in total. The average Bonchev–Trinajstić information content (AvgIpc) is 3.13. The maximum absolute atomic E-state index is 13.0. The number of carbonyl (C=O) groups is 1. The van der Waals surface area contributed by atoms with Gasteiger partial charge in [0, 0.05) is 19.0 Å². The first-order valence-corrected chi connectivity index (χ1v) is 7.74. The summed E-state index contributed by atoms with van der Waals surface area (Å²) < 4.78 is 18.4. The van der Waals surface area contributed by atoms with E-state index in [4.69, 9.17) is 4.42 Å². The van der Waals surface area contributed by atoms with Gasteiger partial charge in [0.1, 0.15) is 11.6 Å². The van der Waals surface area contributed by atoms with Crippen LogP contribution in [0.3, 0.4) is 0 Å². The van der Waals surface area contributed by atoms with Gasteiger partial charge in [-0.15, -0.1) is 0 Å². The van der Waals surface area contributed by atoms with E-state index < -0.39 is 0 Å². The summed E-state index contributed by atoms with van der Waals surface area (Å²) in [6.07, 6.45) is 0.885. The molecule has 1 saturated heterocycles. The number of aryl methyl sites for hydroxylation is 2. The molecular weight excluding hydrogens is 297 g/mol. The highest BCUT2D eigenvalue weighted by atomic mass is 19.1. The lowest BCUT2D eigenvalue weighted by molar-refractivity contribution is 0.206. The lowest BCUT2D eigenvalue weighted by atomic mass is 9.99. The minimum Gasteiger partial charge on any atom is -0.444 e. The van der Waals surface area contributed by atoms with Crippen molar-refractivity contribution in [2.45, 2.75) is 32.7 Å². The van der Waals surface area contributed by atoms with E-state index in [0.29, 0.717) is 19.0 Å². The number of rotatable bonds is 3. The Labute approximate surface area is 134 Å². The van der Waals surface area contributed by atoms with Gasteiger partial charge in [-0.05, 0) is 38.0 Å². The van der Waals surface area contributed by atoms with Gasteiger partial charge in [-0.25, -0.2) is 14.2 Å². The molecule has 1 aliphatic heterocycles. The molecule has 0 aliphatic carbocycles. The third-order valence-electron chi connectivity index (χ3n) is 4.28. The fourth-order valence-electron chi connectivity index (χ4n) is 2.83. The second-order valence-electron chi connectivity index (χ2n) is 5.89. The van der Waals surface area contributed by atoms with E-state index >= 15 is 0 Å². The summed E-state index contributed by atoms with van der Waals surface area (Å²) in [5.74, 6) is 1.31. The number of halogens is 1. The molecule has 1 aromatic heterocycles. The highest BCUT2D eigenvalue weighted by Gasteiger charge is 2.27. The number of urea groups is 1. The van der Waals surface area contributed by atoms with Crippen LogP contribution in [0.1, 0.15) is 35.2 Å². The molecule has 1 N–H and O–H groups in total. The van der Waals surface area contributed by atoms with Crippen molar-refractivity contribution < 1.29 is 13.6 Å². The Morgan fingerprint density at radius 2 is 2.13 bits per heavy atom. The molecule has 1 aromatic carbocycles. The summed E-state index contributed by atoms with van der Waals surface area (Å²) in [6, 6.07) is 6.39. The Balaban J connectivity index is 1.54. The molecule has 0 radical (unpaired) electrons. The van der Waals surface area contributed by atoms with E-state index in [2.05, 4.69) is 10.3 Å². The maximum atomic E-state index is 13.0. The van der Waals surface area contributed by atoms with Gasteiger partial charge >= 0.3 is 6.03 Å². The molecule has 122 valence electrons. The Kier molecular flexibility index (Phi) is 4.32. The molecular formula is C17H20FN3O2. The second-order valence-corrected chi connectivity index (χ2v) is 5.89. The van der Waals surface area contributed by atoms with Gasteiger partial charge in [0.2, 0.25) is 5.89 Å². The van der Waals surface area contributed by atoms with E-state index in [-0.39, 0.29) is 24.3 Å². The van der Waals surface area contributed by atoms with E-state index in [1.54, 1.807) is 17.0 Å². The van der Waals surface area contributed by atoms with Gasteiger partial charge in [0.05, 0.1) is 12.2 Å². The van der Waals surface area contributed by atoms with Crippen molar-refractivity contribution in [1.82, 2.24) is 15.2 Å². The highest BCUT2D eigenvalue weighted by Crippen LogP contribution is 2.27. The van der Waals surface area contributed by atoms with Crippen molar-refractivity contribution in [2.75, 3.05) is 13.1 Å². The summed E-state index contributed by atoms with van der Waals surface area (Å²) in [5, 5.41) is 2.83. The van der Waals surface area contributed by atoms with Crippen LogP contribution >= 0.6 is 0 Å². The molecule has 0 bridgehead atoms. The summed E-state index contributed by atoms with van der Waals surface area (Å²) in [6.45, 7) is 5.34. The van der Waals surface area contributed by atoms with E-state index in [9.17, 15) is 9.18 Å². The molecule has 3 rings (SSSR count). The normalized spacial score (nSPS) is 17.5. The predicted octanol–water partition coefficient (Wildman–Crippen LogP) is 3.13. The zero-order valence-corrected chi connectivity index (χ0v) is 13.3. The molecule has 0 spiro atoms. The lowest BCUT2D eigenvalue weighted by Gasteiger charge is -2.17. The van der Waals surface area contributed by atoms with Crippen LogP contribution in [0.4, 0.5) is 9.18 Å². The van der Waals surface area contributed by atoms with Crippen molar-refractivity contribution >= 4 is 6.03 Å². The van der Waals surface area contributed by atoms with Crippen LogP contribution in [-0.4, -0.2) is 29.0 Å². The van der Waals surface area contributed by atoms with Gasteiger partial charge in [0.15, 0.2) is 0 Å². The first-order chi connectivity index (χ1) is 11.0. The number of carbonyl (C=O) groups excluding carboxylic acids is 1. The van der Waals surface area contributed by atoms with Gasteiger partial charge in [-0.1, -0.05) is 12.1 Å². The molecule has 1 unspecified atom stereocenters. The van der Waals surface area contributed by atoms with Crippen LogP contribution < -0.4 is 5.32 Å². The molecule has 1 atom stereocenters. The van der Waals surface area contributed by atoms with Crippen LogP contribution in [0.2, 0.25) is 0 Å². The van der Waals surface area contributed by atoms with Crippen molar-refractivity contribution in [2.24, 2.45) is 0 Å². The third kappa shape index (κ3) is 3.52. The van der Waals surface area contributed by atoms with Crippen LogP contribution in [0, 0.1) is 19.7 Å². The summed E-state index contributed by atoms with van der Waals surface area (Å²) >= 11 is 0. The molecule has 0 saturated carbocycles. The Hall–Kier alpha value is -2.37. The number of amides is 2. The van der Waals surface area contributed by atoms with Crippen molar-refractivity contribution in [3.8, 4) is 0 Å². The molecule has 6 heteroatoms. The number of nitrogens with one attached hydrogen (secondary N) is 1. The maximum Gasteiger partial charge on any atom is 0.317 e. The third-order valence-corrected chi connectivity index (χ3v) is 4.28. The lowest BCUT2D eigenvalue weighted by Crippen LogP contribution is -2.38. The van der Waals surface area contributed by atoms with Gasteiger partial charge in [0.25, 0.3) is 0 Å². The number of nitrogens with zero attached hydrogens (tertiary/aromatic N) is 2.